The Morgan fingerprint density at radius 1 is 1.04 bits per heavy atom. The van der Waals surface area contributed by atoms with E-state index >= 15 is 0 Å². The summed E-state index contributed by atoms with van der Waals surface area (Å²) in [6, 6.07) is 17.0. The highest BCUT2D eigenvalue weighted by Crippen LogP contribution is 2.43. The van der Waals surface area contributed by atoms with Crippen molar-refractivity contribution in [2.24, 2.45) is 5.41 Å². The van der Waals surface area contributed by atoms with Crippen LogP contribution in [0.2, 0.25) is 0 Å². The molecule has 1 aromatic heterocycles. The summed E-state index contributed by atoms with van der Waals surface area (Å²) in [5.41, 5.74) is 2.29. The molecule has 4 heteroatoms. The van der Waals surface area contributed by atoms with Crippen LogP contribution in [0.5, 0.6) is 0 Å². The van der Waals surface area contributed by atoms with Crippen LogP contribution >= 0.6 is 0 Å². The molecule has 2 aliphatic rings. The number of benzene rings is 1. The maximum atomic E-state index is 12.6. The normalized spacial score (nSPS) is 23.5. The lowest BCUT2D eigenvalue weighted by Crippen LogP contribution is -2.46. The fourth-order valence-corrected chi connectivity index (χ4v) is 4.79. The second kappa shape index (κ2) is 7.43. The van der Waals surface area contributed by atoms with Gasteiger partial charge in [0.25, 0.3) is 5.91 Å². The van der Waals surface area contributed by atoms with Crippen molar-refractivity contribution in [2.75, 3.05) is 26.2 Å². The van der Waals surface area contributed by atoms with Crippen molar-refractivity contribution >= 4 is 5.91 Å². The molecule has 0 spiro atoms. The standard InChI is InChI=1S/C23H29N3O/c1-23(2)17-26(16-20(23)18-8-4-3-5-9-18)19-11-14-25(15-12-19)22(27)21-10-6-7-13-24-21/h3-10,13,19-20H,11-12,14-17H2,1-2H3. The van der Waals surface area contributed by atoms with E-state index in [1.807, 2.05) is 23.1 Å². The maximum Gasteiger partial charge on any atom is 0.272 e. The summed E-state index contributed by atoms with van der Waals surface area (Å²) >= 11 is 0. The zero-order valence-corrected chi connectivity index (χ0v) is 16.3. The Kier molecular flexibility index (Phi) is 5.00. The Labute approximate surface area is 162 Å². The van der Waals surface area contributed by atoms with E-state index in [9.17, 15) is 4.79 Å². The molecule has 27 heavy (non-hydrogen) atoms. The molecule has 0 radical (unpaired) electrons. The van der Waals surface area contributed by atoms with Crippen LogP contribution in [0.3, 0.4) is 0 Å². The fraction of sp³-hybridized carbons (Fsp3) is 0.478. The van der Waals surface area contributed by atoms with E-state index in [4.69, 9.17) is 0 Å². The molecule has 0 aliphatic carbocycles. The van der Waals surface area contributed by atoms with Crippen molar-refractivity contribution in [2.45, 2.75) is 38.6 Å². The monoisotopic (exact) mass is 363 g/mol. The van der Waals surface area contributed by atoms with Crippen LogP contribution in [0.1, 0.15) is 48.7 Å². The smallest absolute Gasteiger partial charge is 0.272 e. The van der Waals surface area contributed by atoms with Gasteiger partial charge in [-0.25, -0.2) is 0 Å². The average Bonchev–Trinajstić information content (AvgIpc) is 3.04. The van der Waals surface area contributed by atoms with Crippen LogP contribution < -0.4 is 0 Å². The first-order valence-corrected chi connectivity index (χ1v) is 10.0. The third kappa shape index (κ3) is 3.77. The number of hydrogen-bond acceptors (Lipinski definition) is 3. The van der Waals surface area contributed by atoms with Gasteiger partial charge >= 0.3 is 0 Å². The second-order valence-electron chi connectivity index (χ2n) is 8.62. The van der Waals surface area contributed by atoms with Gasteiger partial charge in [-0.3, -0.25) is 14.7 Å². The summed E-state index contributed by atoms with van der Waals surface area (Å²) in [6.45, 7) is 8.69. The average molecular weight is 364 g/mol. The number of aromatic nitrogens is 1. The van der Waals surface area contributed by atoms with Crippen molar-refractivity contribution in [3.63, 3.8) is 0 Å². The number of likely N-dealkylation sites (tertiary alicyclic amines) is 2. The number of carbonyl (C=O) groups excluding carboxylic acids is 1. The summed E-state index contributed by atoms with van der Waals surface area (Å²) in [5.74, 6) is 0.643. The number of nitrogens with zero attached hydrogens (tertiary/aromatic N) is 3. The van der Waals surface area contributed by atoms with Crippen LogP contribution in [0.15, 0.2) is 54.7 Å². The Balaban J connectivity index is 1.38. The molecular weight excluding hydrogens is 334 g/mol. The van der Waals surface area contributed by atoms with E-state index in [1.165, 1.54) is 5.56 Å². The van der Waals surface area contributed by atoms with Crippen molar-refractivity contribution in [1.29, 1.82) is 0 Å². The van der Waals surface area contributed by atoms with E-state index in [0.717, 1.165) is 39.0 Å². The quantitative estimate of drug-likeness (QED) is 0.832. The number of piperidine rings is 1. The van der Waals surface area contributed by atoms with Crippen molar-refractivity contribution in [3.05, 3.63) is 66.0 Å². The molecule has 4 nitrogen and oxygen atoms in total. The van der Waals surface area contributed by atoms with E-state index in [1.54, 1.807) is 6.20 Å². The lowest BCUT2D eigenvalue weighted by atomic mass is 9.78. The molecule has 1 amide bonds. The van der Waals surface area contributed by atoms with Gasteiger partial charge in [-0.2, -0.15) is 0 Å². The molecular formula is C23H29N3O. The maximum absolute atomic E-state index is 12.6. The molecule has 2 aromatic rings. The van der Waals surface area contributed by atoms with Gasteiger partial charge < -0.3 is 4.90 Å². The lowest BCUT2D eigenvalue weighted by molar-refractivity contribution is 0.0629. The van der Waals surface area contributed by atoms with E-state index in [2.05, 4.69) is 54.1 Å². The first kappa shape index (κ1) is 18.2. The highest BCUT2D eigenvalue weighted by molar-refractivity contribution is 5.92. The van der Waals surface area contributed by atoms with Gasteiger partial charge in [0.15, 0.2) is 0 Å². The zero-order valence-electron chi connectivity index (χ0n) is 16.3. The molecule has 4 rings (SSSR count). The Hall–Kier alpha value is -2.20. The fourth-order valence-electron chi connectivity index (χ4n) is 4.79. The van der Waals surface area contributed by atoms with Crippen LogP contribution in [0.25, 0.3) is 0 Å². The van der Waals surface area contributed by atoms with Gasteiger partial charge in [0.2, 0.25) is 0 Å². The predicted molar refractivity (Wildman–Crippen MR) is 108 cm³/mol. The van der Waals surface area contributed by atoms with E-state index in [-0.39, 0.29) is 11.3 Å². The van der Waals surface area contributed by atoms with Gasteiger partial charge in [-0.05, 0) is 36.0 Å². The summed E-state index contributed by atoms with van der Waals surface area (Å²) in [7, 11) is 0. The van der Waals surface area contributed by atoms with E-state index in [0.29, 0.717) is 17.7 Å². The minimum atomic E-state index is 0.0676. The highest BCUT2D eigenvalue weighted by Gasteiger charge is 2.43. The van der Waals surface area contributed by atoms with Crippen LogP contribution in [0, 0.1) is 5.41 Å². The summed E-state index contributed by atoms with van der Waals surface area (Å²) < 4.78 is 0. The number of amides is 1. The Bertz CT molecular complexity index is 767. The molecule has 2 fully saturated rings. The molecule has 1 unspecified atom stereocenters. The molecule has 2 saturated heterocycles. The Morgan fingerprint density at radius 2 is 1.74 bits per heavy atom. The topological polar surface area (TPSA) is 36.4 Å². The first-order valence-electron chi connectivity index (χ1n) is 10.0. The number of rotatable bonds is 3. The third-order valence-corrected chi connectivity index (χ3v) is 6.33. The largest absolute Gasteiger partial charge is 0.337 e. The van der Waals surface area contributed by atoms with Gasteiger partial charge in [-0.15, -0.1) is 0 Å². The molecule has 1 aromatic carbocycles. The molecule has 1 atom stereocenters. The van der Waals surface area contributed by atoms with Gasteiger partial charge in [-0.1, -0.05) is 50.2 Å². The Morgan fingerprint density at radius 3 is 2.41 bits per heavy atom. The minimum absolute atomic E-state index is 0.0676. The summed E-state index contributed by atoms with van der Waals surface area (Å²) in [5, 5.41) is 0. The second-order valence-corrected chi connectivity index (χ2v) is 8.62. The van der Waals surface area contributed by atoms with Crippen LogP contribution in [0.4, 0.5) is 0 Å². The number of carbonyl (C=O) groups is 1. The predicted octanol–water partition coefficient (Wildman–Crippen LogP) is 3.81. The SMILES string of the molecule is CC1(C)CN(C2CCN(C(=O)c3ccccn3)CC2)CC1c1ccccc1. The number of hydrogen-bond donors (Lipinski definition) is 0. The summed E-state index contributed by atoms with van der Waals surface area (Å²) in [6.07, 6.45) is 3.79. The molecule has 0 saturated carbocycles. The molecule has 0 bridgehead atoms. The van der Waals surface area contributed by atoms with Gasteiger partial charge in [0.1, 0.15) is 5.69 Å². The highest BCUT2D eigenvalue weighted by atomic mass is 16.2. The lowest BCUT2D eigenvalue weighted by Gasteiger charge is -2.37. The molecule has 3 heterocycles. The molecule has 2 aliphatic heterocycles. The van der Waals surface area contributed by atoms with Crippen LogP contribution in [-0.4, -0.2) is 52.9 Å². The summed E-state index contributed by atoms with van der Waals surface area (Å²) in [4.78, 5) is 21.5. The molecule has 0 N–H and O–H groups in total. The van der Waals surface area contributed by atoms with E-state index < -0.39 is 0 Å². The van der Waals surface area contributed by atoms with Crippen molar-refractivity contribution in [1.82, 2.24) is 14.8 Å². The van der Waals surface area contributed by atoms with Crippen LogP contribution in [-0.2, 0) is 0 Å². The van der Waals surface area contributed by atoms with Gasteiger partial charge in [0.05, 0.1) is 0 Å². The number of pyridine rings is 1. The minimum Gasteiger partial charge on any atom is -0.337 e. The van der Waals surface area contributed by atoms with Gasteiger partial charge in [0, 0.05) is 44.3 Å². The third-order valence-electron chi connectivity index (χ3n) is 6.33. The van der Waals surface area contributed by atoms with Crippen molar-refractivity contribution in [3.8, 4) is 0 Å². The van der Waals surface area contributed by atoms with Crippen molar-refractivity contribution < 1.29 is 4.79 Å². The first-order chi connectivity index (χ1) is 13.0. The molecule has 142 valence electrons. The zero-order chi connectivity index (χ0) is 18.9.